The second-order valence-corrected chi connectivity index (χ2v) is 6.04. The molecule has 4 atom stereocenters. The van der Waals surface area contributed by atoms with Crippen LogP contribution in [0.5, 0.6) is 0 Å². The largest absolute Gasteiger partial charge is 0.378 e. The van der Waals surface area contributed by atoms with Gasteiger partial charge in [-0.25, -0.2) is 0 Å². The first-order valence-electron chi connectivity index (χ1n) is 7.26. The van der Waals surface area contributed by atoms with Crippen molar-refractivity contribution in [2.45, 2.75) is 51.7 Å². The van der Waals surface area contributed by atoms with Crippen LogP contribution in [0.1, 0.15) is 39.5 Å². The first kappa shape index (κ1) is 13.3. The van der Waals surface area contributed by atoms with Crippen LogP contribution in [0.3, 0.4) is 0 Å². The van der Waals surface area contributed by atoms with E-state index in [1.54, 1.807) is 0 Å². The molecule has 0 aromatic rings. The molecule has 0 amide bonds. The molecule has 0 saturated carbocycles. The summed E-state index contributed by atoms with van der Waals surface area (Å²) in [6.45, 7) is 8.88. The monoisotopic (exact) mass is 240 g/mol. The molecule has 0 aliphatic carbocycles. The summed E-state index contributed by atoms with van der Waals surface area (Å²) in [6.07, 6.45) is 5.54. The van der Waals surface area contributed by atoms with E-state index in [-0.39, 0.29) is 0 Å². The van der Waals surface area contributed by atoms with Crippen LogP contribution in [-0.2, 0) is 4.74 Å². The Labute approximate surface area is 106 Å². The van der Waals surface area contributed by atoms with Gasteiger partial charge in [-0.3, -0.25) is 4.90 Å². The molecule has 2 N–H and O–H groups in total. The highest BCUT2D eigenvalue weighted by Crippen LogP contribution is 2.27. The summed E-state index contributed by atoms with van der Waals surface area (Å²) in [5.74, 6) is 1.56. The van der Waals surface area contributed by atoms with Gasteiger partial charge in [0, 0.05) is 32.3 Å². The smallest absolute Gasteiger partial charge is 0.0588 e. The average Bonchev–Trinajstić information content (AvgIpc) is 2.78. The molecule has 4 unspecified atom stereocenters. The quantitative estimate of drug-likeness (QED) is 0.815. The summed E-state index contributed by atoms with van der Waals surface area (Å²) in [5.41, 5.74) is 5.94. The number of rotatable bonds is 4. The van der Waals surface area contributed by atoms with E-state index in [0.29, 0.717) is 12.1 Å². The van der Waals surface area contributed by atoms with E-state index < -0.39 is 0 Å². The molecule has 2 saturated heterocycles. The average molecular weight is 240 g/mol. The minimum Gasteiger partial charge on any atom is -0.378 e. The second-order valence-electron chi connectivity index (χ2n) is 6.04. The third-order valence-electron chi connectivity index (χ3n) is 4.45. The van der Waals surface area contributed by atoms with Gasteiger partial charge in [0.05, 0.1) is 6.10 Å². The zero-order valence-corrected chi connectivity index (χ0v) is 11.4. The zero-order chi connectivity index (χ0) is 12.3. The van der Waals surface area contributed by atoms with Crippen LogP contribution in [0.4, 0.5) is 0 Å². The number of ether oxygens (including phenoxy) is 1. The maximum absolute atomic E-state index is 5.94. The van der Waals surface area contributed by atoms with E-state index in [9.17, 15) is 0 Å². The molecule has 0 spiro atoms. The SMILES string of the molecule is CC1CC(C)C(CN)N(CCC2CCCO2)C1. The van der Waals surface area contributed by atoms with Gasteiger partial charge in [-0.1, -0.05) is 13.8 Å². The summed E-state index contributed by atoms with van der Waals surface area (Å²) in [5, 5.41) is 0. The summed E-state index contributed by atoms with van der Waals surface area (Å²) in [7, 11) is 0. The van der Waals surface area contributed by atoms with Crippen LogP contribution < -0.4 is 5.73 Å². The van der Waals surface area contributed by atoms with Gasteiger partial charge in [0.25, 0.3) is 0 Å². The Morgan fingerprint density at radius 3 is 2.82 bits per heavy atom. The van der Waals surface area contributed by atoms with E-state index in [0.717, 1.165) is 25.0 Å². The minimum atomic E-state index is 0.515. The Morgan fingerprint density at radius 2 is 2.18 bits per heavy atom. The van der Waals surface area contributed by atoms with Gasteiger partial charge in [0.15, 0.2) is 0 Å². The van der Waals surface area contributed by atoms with Crippen molar-refractivity contribution in [3.8, 4) is 0 Å². The Kier molecular flexibility index (Phi) is 4.83. The standard InChI is InChI=1S/C14H28N2O/c1-11-8-12(2)14(9-15)16(10-11)6-5-13-4-3-7-17-13/h11-14H,3-10,15H2,1-2H3. The van der Waals surface area contributed by atoms with Gasteiger partial charge in [0.1, 0.15) is 0 Å². The predicted octanol–water partition coefficient (Wildman–Crippen LogP) is 1.86. The van der Waals surface area contributed by atoms with E-state index in [2.05, 4.69) is 18.7 Å². The lowest BCUT2D eigenvalue weighted by atomic mass is 9.85. The molecule has 0 bridgehead atoms. The van der Waals surface area contributed by atoms with E-state index in [4.69, 9.17) is 10.5 Å². The lowest BCUT2D eigenvalue weighted by Crippen LogP contribution is -2.51. The van der Waals surface area contributed by atoms with Gasteiger partial charge in [0.2, 0.25) is 0 Å². The highest BCUT2D eigenvalue weighted by atomic mass is 16.5. The zero-order valence-electron chi connectivity index (χ0n) is 11.4. The fourth-order valence-electron chi connectivity index (χ4n) is 3.58. The number of hydrogen-bond acceptors (Lipinski definition) is 3. The molecular formula is C14H28N2O. The highest BCUT2D eigenvalue weighted by Gasteiger charge is 2.31. The van der Waals surface area contributed by atoms with Crippen molar-refractivity contribution in [3.05, 3.63) is 0 Å². The summed E-state index contributed by atoms with van der Waals surface area (Å²) in [6, 6.07) is 0.590. The van der Waals surface area contributed by atoms with E-state index in [1.807, 2.05) is 0 Å². The van der Waals surface area contributed by atoms with Crippen molar-refractivity contribution in [2.75, 3.05) is 26.2 Å². The van der Waals surface area contributed by atoms with Crippen molar-refractivity contribution in [2.24, 2.45) is 17.6 Å². The fourth-order valence-corrected chi connectivity index (χ4v) is 3.58. The number of likely N-dealkylation sites (tertiary alicyclic amines) is 1. The van der Waals surface area contributed by atoms with E-state index >= 15 is 0 Å². The first-order chi connectivity index (χ1) is 8.20. The summed E-state index contributed by atoms with van der Waals surface area (Å²) in [4.78, 5) is 2.61. The van der Waals surface area contributed by atoms with Crippen LogP contribution >= 0.6 is 0 Å². The molecule has 2 aliphatic rings. The Hall–Kier alpha value is -0.120. The molecule has 2 rings (SSSR count). The molecule has 0 aromatic carbocycles. The maximum atomic E-state index is 5.94. The molecule has 3 heteroatoms. The molecular weight excluding hydrogens is 212 g/mol. The number of nitrogens with zero attached hydrogens (tertiary/aromatic N) is 1. The molecule has 17 heavy (non-hydrogen) atoms. The van der Waals surface area contributed by atoms with Crippen molar-refractivity contribution in [3.63, 3.8) is 0 Å². The topological polar surface area (TPSA) is 38.5 Å². The third kappa shape index (κ3) is 3.43. The molecule has 0 aromatic heterocycles. The van der Waals surface area contributed by atoms with Crippen LogP contribution in [0, 0.1) is 11.8 Å². The van der Waals surface area contributed by atoms with Crippen molar-refractivity contribution in [1.29, 1.82) is 0 Å². The normalized spacial score (nSPS) is 39.7. The second kappa shape index (κ2) is 6.17. The van der Waals surface area contributed by atoms with Gasteiger partial charge < -0.3 is 10.5 Å². The molecule has 100 valence electrons. The summed E-state index contributed by atoms with van der Waals surface area (Å²) < 4.78 is 5.71. The Bertz CT molecular complexity index is 228. The third-order valence-corrected chi connectivity index (χ3v) is 4.45. The van der Waals surface area contributed by atoms with Gasteiger partial charge in [-0.05, 0) is 37.5 Å². The molecule has 2 fully saturated rings. The van der Waals surface area contributed by atoms with Gasteiger partial charge >= 0.3 is 0 Å². The highest BCUT2D eigenvalue weighted by molar-refractivity contribution is 4.86. The molecule has 2 heterocycles. The predicted molar refractivity (Wildman–Crippen MR) is 71.0 cm³/mol. The number of nitrogens with two attached hydrogens (primary N) is 1. The first-order valence-corrected chi connectivity index (χ1v) is 7.26. The Balaban J connectivity index is 1.83. The lowest BCUT2D eigenvalue weighted by molar-refractivity contribution is 0.0455. The number of piperidine rings is 1. The molecule has 2 aliphatic heterocycles. The van der Waals surface area contributed by atoms with Crippen molar-refractivity contribution < 1.29 is 4.74 Å². The van der Waals surface area contributed by atoms with Crippen LogP contribution in [-0.4, -0.2) is 43.3 Å². The van der Waals surface area contributed by atoms with Crippen LogP contribution in [0.25, 0.3) is 0 Å². The maximum Gasteiger partial charge on any atom is 0.0588 e. The minimum absolute atomic E-state index is 0.515. The van der Waals surface area contributed by atoms with Crippen LogP contribution in [0.15, 0.2) is 0 Å². The van der Waals surface area contributed by atoms with Gasteiger partial charge in [-0.2, -0.15) is 0 Å². The fraction of sp³-hybridized carbons (Fsp3) is 1.00. The van der Waals surface area contributed by atoms with E-state index in [1.165, 1.54) is 38.8 Å². The Morgan fingerprint density at radius 1 is 1.35 bits per heavy atom. The molecule has 0 radical (unpaired) electrons. The van der Waals surface area contributed by atoms with Crippen molar-refractivity contribution >= 4 is 0 Å². The lowest BCUT2D eigenvalue weighted by Gasteiger charge is -2.42. The van der Waals surface area contributed by atoms with Crippen LogP contribution in [0.2, 0.25) is 0 Å². The van der Waals surface area contributed by atoms with Crippen molar-refractivity contribution in [1.82, 2.24) is 4.90 Å². The molecule has 3 nitrogen and oxygen atoms in total. The number of hydrogen-bond donors (Lipinski definition) is 1. The van der Waals surface area contributed by atoms with Gasteiger partial charge in [-0.15, -0.1) is 0 Å². The summed E-state index contributed by atoms with van der Waals surface area (Å²) >= 11 is 0.